The molecule has 2 aromatic rings. The standard InChI is InChI=1S/C16H16N2O/c17-14-7-4-8-15-13(14)9-10-18(15)16(19)11-12-5-2-1-3-6-12/h1-8H,9-11,17H2. The smallest absolute Gasteiger partial charge is 0.231 e. The van der Waals surface area contributed by atoms with Crippen molar-refractivity contribution >= 4 is 17.3 Å². The van der Waals surface area contributed by atoms with Gasteiger partial charge >= 0.3 is 0 Å². The molecule has 0 aromatic heterocycles. The SMILES string of the molecule is Nc1cccc2c1CCN2C(=O)Cc1ccccc1. The predicted molar refractivity (Wildman–Crippen MR) is 77.1 cm³/mol. The van der Waals surface area contributed by atoms with Crippen LogP contribution in [0, 0.1) is 0 Å². The van der Waals surface area contributed by atoms with E-state index in [4.69, 9.17) is 5.73 Å². The quantitative estimate of drug-likeness (QED) is 0.834. The molecule has 2 aromatic carbocycles. The Bertz CT molecular complexity index is 607. The van der Waals surface area contributed by atoms with E-state index >= 15 is 0 Å². The summed E-state index contributed by atoms with van der Waals surface area (Å²) in [5.74, 6) is 0.135. The lowest BCUT2D eigenvalue weighted by Crippen LogP contribution is -2.30. The molecule has 0 fully saturated rings. The minimum Gasteiger partial charge on any atom is -0.398 e. The van der Waals surface area contributed by atoms with Gasteiger partial charge in [-0.05, 0) is 24.1 Å². The molecule has 0 aliphatic carbocycles. The van der Waals surface area contributed by atoms with Gasteiger partial charge in [0.2, 0.25) is 5.91 Å². The number of hydrogen-bond donors (Lipinski definition) is 1. The number of benzene rings is 2. The van der Waals surface area contributed by atoms with Gasteiger partial charge in [-0.3, -0.25) is 4.79 Å². The van der Waals surface area contributed by atoms with Gasteiger partial charge in [0.25, 0.3) is 0 Å². The van der Waals surface area contributed by atoms with Crippen LogP contribution in [0.3, 0.4) is 0 Å². The number of amides is 1. The molecule has 19 heavy (non-hydrogen) atoms. The van der Waals surface area contributed by atoms with E-state index in [2.05, 4.69) is 0 Å². The number of anilines is 2. The molecule has 0 bridgehead atoms. The second-order valence-corrected chi connectivity index (χ2v) is 4.80. The van der Waals surface area contributed by atoms with Crippen molar-refractivity contribution in [1.82, 2.24) is 0 Å². The van der Waals surface area contributed by atoms with Gasteiger partial charge in [0.05, 0.1) is 6.42 Å². The molecule has 3 rings (SSSR count). The first-order valence-electron chi connectivity index (χ1n) is 6.47. The predicted octanol–water partition coefficient (Wildman–Crippen LogP) is 2.40. The van der Waals surface area contributed by atoms with Crippen molar-refractivity contribution in [1.29, 1.82) is 0 Å². The van der Waals surface area contributed by atoms with Gasteiger partial charge in [0, 0.05) is 23.5 Å². The summed E-state index contributed by atoms with van der Waals surface area (Å²) in [6.07, 6.45) is 1.29. The largest absolute Gasteiger partial charge is 0.398 e. The van der Waals surface area contributed by atoms with E-state index in [-0.39, 0.29) is 5.91 Å². The van der Waals surface area contributed by atoms with E-state index < -0.39 is 0 Å². The molecule has 3 nitrogen and oxygen atoms in total. The second kappa shape index (κ2) is 4.76. The molecule has 3 heteroatoms. The van der Waals surface area contributed by atoms with Crippen LogP contribution in [0.4, 0.5) is 11.4 Å². The Kier molecular flexibility index (Phi) is 2.95. The third-order valence-corrected chi connectivity index (χ3v) is 3.56. The third-order valence-electron chi connectivity index (χ3n) is 3.56. The van der Waals surface area contributed by atoms with Gasteiger partial charge in [-0.15, -0.1) is 0 Å². The van der Waals surface area contributed by atoms with Crippen molar-refractivity contribution in [3.8, 4) is 0 Å². The van der Waals surface area contributed by atoms with Crippen molar-refractivity contribution < 1.29 is 4.79 Å². The zero-order valence-electron chi connectivity index (χ0n) is 10.7. The first-order chi connectivity index (χ1) is 9.25. The van der Waals surface area contributed by atoms with Gasteiger partial charge in [-0.25, -0.2) is 0 Å². The van der Waals surface area contributed by atoms with Gasteiger partial charge < -0.3 is 10.6 Å². The lowest BCUT2D eigenvalue weighted by atomic mass is 10.1. The fraction of sp³-hybridized carbons (Fsp3) is 0.188. The maximum Gasteiger partial charge on any atom is 0.231 e. The van der Waals surface area contributed by atoms with Crippen LogP contribution in [0.2, 0.25) is 0 Å². The highest BCUT2D eigenvalue weighted by Gasteiger charge is 2.25. The van der Waals surface area contributed by atoms with Gasteiger partial charge in [0.1, 0.15) is 0 Å². The van der Waals surface area contributed by atoms with Crippen LogP contribution in [0.1, 0.15) is 11.1 Å². The molecule has 0 unspecified atom stereocenters. The molecule has 1 heterocycles. The van der Waals surface area contributed by atoms with Crippen molar-refractivity contribution in [2.24, 2.45) is 0 Å². The summed E-state index contributed by atoms with van der Waals surface area (Å²) in [7, 11) is 0. The number of fused-ring (bicyclic) bond motifs is 1. The zero-order valence-corrected chi connectivity index (χ0v) is 10.7. The molecule has 0 saturated heterocycles. The van der Waals surface area contributed by atoms with Crippen molar-refractivity contribution in [2.45, 2.75) is 12.8 Å². The minimum atomic E-state index is 0.135. The van der Waals surface area contributed by atoms with E-state index in [1.807, 2.05) is 53.4 Å². The van der Waals surface area contributed by atoms with Crippen LogP contribution in [-0.2, 0) is 17.6 Å². The normalized spacial score (nSPS) is 13.4. The fourth-order valence-corrected chi connectivity index (χ4v) is 2.59. The lowest BCUT2D eigenvalue weighted by molar-refractivity contribution is -0.117. The summed E-state index contributed by atoms with van der Waals surface area (Å²) in [4.78, 5) is 14.2. The number of nitrogen functional groups attached to an aromatic ring is 1. The first-order valence-corrected chi connectivity index (χ1v) is 6.47. The van der Waals surface area contributed by atoms with Gasteiger partial charge in [-0.2, -0.15) is 0 Å². The topological polar surface area (TPSA) is 46.3 Å². The van der Waals surface area contributed by atoms with Crippen LogP contribution >= 0.6 is 0 Å². The molecule has 0 atom stereocenters. The highest BCUT2D eigenvalue weighted by Crippen LogP contribution is 2.32. The van der Waals surface area contributed by atoms with Crippen LogP contribution in [0.25, 0.3) is 0 Å². The van der Waals surface area contributed by atoms with Gasteiger partial charge in [0.15, 0.2) is 0 Å². The number of hydrogen-bond acceptors (Lipinski definition) is 2. The third kappa shape index (κ3) is 2.19. The van der Waals surface area contributed by atoms with Crippen molar-refractivity contribution in [2.75, 3.05) is 17.2 Å². The number of carbonyl (C=O) groups excluding carboxylic acids is 1. The molecular formula is C16H16N2O. The maximum atomic E-state index is 12.4. The van der Waals surface area contributed by atoms with Crippen LogP contribution in [0.15, 0.2) is 48.5 Å². The summed E-state index contributed by atoms with van der Waals surface area (Å²) < 4.78 is 0. The lowest BCUT2D eigenvalue weighted by Gasteiger charge is -2.17. The monoisotopic (exact) mass is 252 g/mol. The molecule has 0 spiro atoms. The second-order valence-electron chi connectivity index (χ2n) is 4.80. The molecule has 0 radical (unpaired) electrons. The molecule has 1 aliphatic rings. The highest BCUT2D eigenvalue weighted by molar-refractivity contribution is 5.97. The van der Waals surface area contributed by atoms with E-state index in [1.165, 1.54) is 0 Å². The molecular weight excluding hydrogens is 236 g/mol. The van der Waals surface area contributed by atoms with Gasteiger partial charge in [-0.1, -0.05) is 36.4 Å². The number of nitrogens with two attached hydrogens (primary N) is 1. The van der Waals surface area contributed by atoms with Crippen molar-refractivity contribution in [3.63, 3.8) is 0 Å². The molecule has 0 saturated carbocycles. The van der Waals surface area contributed by atoms with E-state index in [1.54, 1.807) is 0 Å². The molecule has 1 aliphatic heterocycles. The Hall–Kier alpha value is -2.29. The number of rotatable bonds is 2. The average Bonchev–Trinajstić information content (AvgIpc) is 2.85. The summed E-state index contributed by atoms with van der Waals surface area (Å²) in [5.41, 5.74) is 9.85. The minimum absolute atomic E-state index is 0.135. The van der Waals surface area contributed by atoms with E-state index in [9.17, 15) is 4.79 Å². The Balaban J connectivity index is 1.82. The summed E-state index contributed by atoms with van der Waals surface area (Å²) in [6.45, 7) is 0.731. The number of nitrogens with zero attached hydrogens (tertiary/aromatic N) is 1. The summed E-state index contributed by atoms with van der Waals surface area (Å²) in [6, 6.07) is 15.6. The van der Waals surface area contributed by atoms with Crippen molar-refractivity contribution in [3.05, 3.63) is 59.7 Å². The zero-order chi connectivity index (χ0) is 13.2. The molecule has 96 valence electrons. The summed E-state index contributed by atoms with van der Waals surface area (Å²) in [5, 5.41) is 0. The highest BCUT2D eigenvalue weighted by atomic mass is 16.2. The maximum absolute atomic E-state index is 12.4. The van der Waals surface area contributed by atoms with E-state index in [0.29, 0.717) is 6.42 Å². The van der Waals surface area contributed by atoms with Crippen LogP contribution < -0.4 is 10.6 Å². The number of carbonyl (C=O) groups is 1. The fourth-order valence-electron chi connectivity index (χ4n) is 2.59. The van der Waals surface area contributed by atoms with Crippen LogP contribution in [-0.4, -0.2) is 12.5 Å². The van der Waals surface area contributed by atoms with E-state index in [0.717, 1.165) is 35.5 Å². The summed E-state index contributed by atoms with van der Waals surface area (Å²) >= 11 is 0. The Morgan fingerprint density at radius 3 is 2.68 bits per heavy atom. The average molecular weight is 252 g/mol. The Labute approximate surface area is 112 Å². The van der Waals surface area contributed by atoms with Crippen LogP contribution in [0.5, 0.6) is 0 Å². The Morgan fingerprint density at radius 1 is 1.11 bits per heavy atom. The Morgan fingerprint density at radius 2 is 1.89 bits per heavy atom. The molecule has 2 N–H and O–H groups in total. The molecule has 1 amide bonds. The first kappa shape index (κ1) is 11.8.